The molecule has 8 nitrogen and oxygen atoms in total. The Morgan fingerprint density at radius 2 is 1.82 bits per heavy atom. The smallest absolute Gasteiger partial charge is 0.254 e. The van der Waals surface area contributed by atoms with E-state index in [1.807, 2.05) is 43.3 Å². The fourth-order valence-corrected chi connectivity index (χ4v) is 3.40. The first-order chi connectivity index (χ1) is 16.1. The highest BCUT2D eigenvalue weighted by atomic mass is 16.5. The second-order valence-electron chi connectivity index (χ2n) is 7.50. The molecule has 0 aliphatic carbocycles. The van der Waals surface area contributed by atoms with Crippen molar-refractivity contribution in [3.05, 3.63) is 83.6 Å². The summed E-state index contributed by atoms with van der Waals surface area (Å²) in [6.07, 6.45) is 2.00. The molecule has 0 spiro atoms. The molecule has 0 aliphatic heterocycles. The number of aryl methyl sites for hydroxylation is 1. The number of ether oxygens (including phenoxy) is 2. The average Bonchev–Trinajstić information content (AvgIpc) is 3.53. The number of nitrogens with zero attached hydrogens (tertiary/aromatic N) is 3. The Labute approximate surface area is 191 Å². The van der Waals surface area contributed by atoms with Gasteiger partial charge in [-0.2, -0.15) is 4.98 Å². The summed E-state index contributed by atoms with van der Waals surface area (Å²) in [6, 6.07) is 16.6. The van der Waals surface area contributed by atoms with E-state index >= 15 is 0 Å². The van der Waals surface area contributed by atoms with Gasteiger partial charge in [-0.1, -0.05) is 22.9 Å². The van der Waals surface area contributed by atoms with Crippen molar-refractivity contribution in [2.75, 3.05) is 20.8 Å². The van der Waals surface area contributed by atoms with Gasteiger partial charge in [-0.3, -0.25) is 4.79 Å². The Morgan fingerprint density at radius 3 is 2.52 bits per heavy atom. The summed E-state index contributed by atoms with van der Waals surface area (Å²) < 4.78 is 21.5. The van der Waals surface area contributed by atoms with Crippen molar-refractivity contribution in [3.8, 4) is 22.9 Å². The third kappa shape index (κ3) is 5.23. The van der Waals surface area contributed by atoms with E-state index in [-0.39, 0.29) is 5.91 Å². The number of carbonyl (C=O) groups is 1. The van der Waals surface area contributed by atoms with Gasteiger partial charge >= 0.3 is 0 Å². The van der Waals surface area contributed by atoms with E-state index in [1.54, 1.807) is 43.6 Å². The largest absolute Gasteiger partial charge is 0.493 e. The van der Waals surface area contributed by atoms with Crippen LogP contribution in [0.15, 0.2) is 69.8 Å². The molecule has 170 valence electrons. The summed E-state index contributed by atoms with van der Waals surface area (Å²) in [6.45, 7) is 2.72. The van der Waals surface area contributed by atoms with Crippen molar-refractivity contribution < 1.29 is 23.2 Å². The van der Waals surface area contributed by atoms with Gasteiger partial charge in [0.15, 0.2) is 11.5 Å². The Balaban J connectivity index is 1.49. The van der Waals surface area contributed by atoms with Crippen LogP contribution in [0.3, 0.4) is 0 Å². The zero-order chi connectivity index (χ0) is 23.2. The van der Waals surface area contributed by atoms with Gasteiger partial charge in [0.05, 0.1) is 27.0 Å². The fourth-order valence-electron chi connectivity index (χ4n) is 3.40. The van der Waals surface area contributed by atoms with E-state index in [9.17, 15) is 4.79 Å². The molecule has 0 N–H and O–H groups in total. The van der Waals surface area contributed by atoms with E-state index in [1.165, 1.54) is 0 Å². The van der Waals surface area contributed by atoms with Gasteiger partial charge in [-0.15, -0.1) is 0 Å². The fraction of sp³-hybridized carbons (Fsp3) is 0.240. The highest BCUT2D eigenvalue weighted by Crippen LogP contribution is 2.31. The lowest BCUT2D eigenvalue weighted by Gasteiger charge is -2.21. The van der Waals surface area contributed by atoms with Gasteiger partial charge in [0.2, 0.25) is 11.7 Å². The molecule has 2 aromatic carbocycles. The third-order valence-corrected chi connectivity index (χ3v) is 5.22. The van der Waals surface area contributed by atoms with Crippen molar-refractivity contribution in [1.82, 2.24) is 15.0 Å². The van der Waals surface area contributed by atoms with Crippen LogP contribution in [0.5, 0.6) is 11.5 Å². The lowest BCUT2D eigenvalue weighted by molar-refractivity contribution is 0.0730. The van der Waals surface area contributed by atoms with Gasteiger partial charge in [0, 0.05) is 24.1 Å². The number of hydrogen-bond donors (Lipinski definition) is 0. The van der Waals surface area contributed by atoms with E-state index in [2.05, 4.69) is 10.1 Å². The molecule has 33 heavy (non-hydrogen) atoms. The number of hydrogen-bond acceptors (Lipinski definition) is 7. The van der Waals surface area contributed by atoms with Crippen LogP contribution in [0.4, 0.5) is 0 Å². The van der Waals surface area contributed by atoms with Crippen LogP contribution >= 0.6 is 0 Å². The minimum Gasteiger partial charge on any atom is -0.493 e. The van der Waals surface area contributed by atoms with E-state index < -0.39 is 0 Å². The number of rotatable bonds is 9. The molecule has 4 rings (SSSR count). The number of methoxy groups -OCH3 is 2. The van der Waals surface area contributed by atoms with Crippen molar-refractivity contribution in [1.29, 1.82) is 0 Å². The normalized spacial score (nSPS) is 10.8. The Bertz CT molecular complexity index is 1200. The zero-order valence-corrected chi connectivity index (χ0v) is 18.8. The van der Waals surface area contributed by atoms with Gasteiger partial charge in [0.1, 0.15) is 5.76 Å². The van der Waals surface area contributed by atoms with Gasteiger partial charge in [-0.05, 0) is 49.4 Å². The summed E-state index contributed by atoms with van der Waals surface area (Å²) in [5.74, 6) is 2.68. The molecule has 0 atom stereocenters. The van der Waals surface area contributed by atoms with Crippen LogP contribution in [-0.4, -0.2) is 41.7 Å². The summed E-state index contributed by atoms with van der Waals surface area (Å²) in [4.78, 5) is 19.4. The van der Waals surface area contributed by atoms with Crippen molar-refractivity contribution >= 4 is 5.91 Å². The first-order valence-corrected chi connectivity index (χ1v) is 10.5. The molecule has 2 aromatic heterocycles. The monoisotopic (exact) mass is 447 g/mol. The summed E-state index contributed by atoms with van der Waals surface area (Å²) >= 11 is 0. The predicted molar refractivity (Wildman–Crippen MR) is 121 cm³/mol. The van der Waals surface area contributed by atoms with Crippen LogP contribution in [0.1, 0.15) is 27.6 Å². The maximum Gasteiger partial charge on any atom is 0.254 e. The van der Waals surface area contributed by atoms with Crippen LogP contribution in [0.25, 0.3) is 11.4 Å². The number of amides is 1. The second-order valence-corrected chi connectivity index (χ2v) is 7.50. The van der Waals surface area contributed by atoms with Gasteiger partial charge < -0.3 is 23.3 Å². The molecule has 8 heteroatoms. The first kappa shape index (κ1) is 22.1. The molecule has 2 heterocycles. The topological polar surface area (TPSA) is 90.8 Å². The first-order valence-electron chi connectivity index (χ1n) is 10.5. The molecular formula is C25H25N3O5. The quantitative estimate of drug-likeness (QED) is 0.372. The number of carbonyl (C=O) groups excluding carboxylic acids is 1. The molecule has 0 saturated heterocycles. The van der Waals surface area contributed by atoms with Crippen molar-refractivity contribution in [2.24, 2.45) is 0 Å². The highest BCUT2D eigenvalue weighted by molar-refractivity contribution is 5.94. The Kier molecular flexibility index (Phi) is 6.73. The maximum absolute atomic E-state index is 13.2. The Hall–Kier alpha value is -4.07. The summed E-state index contributed by atoms with van der Waals surface area (Å²) in [5, 5.41) is 4.08. The van der Waals surface area contributed by atoms with E-state index in [0.29, 0.717) is 54.0 Å². The van der Waals surface area contributed by atoms with E-state index in [0.717, 1.165) is 11.1 Å². The molecule has 0 aliphatic rings. The molecule has 0 radical (unpaired) electrons. The minimum atomic E-state index is -0.0916. The summed E-state index contributed by atoms with van der Waals surface area (Å²) in [5.41, 5.74) is 2.45. The molecule has 0 fully saturated rings. The molecule has 1 amide bonds. The molecular weight excluding hydrogens is 422 g/mol. The van der Waals surface area contributed by atoms with Crippen LogP contribution in [-0.2, 0) is 13.0 Å². The SMILES string of the molecule is COc1ccc(-c2noc(CCN(Cc3ccco3)C(=O)c3ccc(C)cc3)n2)cc1OC. The Morgan fingerprint density at radius 1 is 1.03 bits per heavy atom. The second kappa shape index (κ2) is 10.0. The molecule has 4 aromatic rings. The van der Waals surface area contributed by atoms with Crippen LogP contribution < -0.4 is 9.47 Å². The van der Waals surface area contributed by atoms with Gasteiger partial charge in [0.25, 0.3) is 5.91 Å². The highest BCUT2D eigenvalue weighted by Gasteiger charge is 2.19. The zero-order valence-electron chi connectivity index (χ0n) is 18.8. The predicted octanol–water partition coefficient (Wildman–Crippen LogP) is 4.54. The van der Waals surface area contributed by atoms with Crippen molar-refractivity contribution in [3.63, 3.8) is 0 Å². The number of benzene rings is 2. The lowest BCUT2D eigenvalue weighted by atomic mass is 10.1. The van der Waals surface area contributed by atoms with Crippen LogP contribution in [0, 0.1) is 6.92 Å². The molecule has 0 bridgehead atoms. The number of furan rings is 1. The minimum absolute atomic E-state index is 0.0916. The summed E-state index contributed by atoms with van der Waals surface area (Å²) in [7, 11) is 3.15. The molecule has 0 unspecified atom stereocenters. The maximum atomic E-state index is 13.2. The van der Waals surface area contributed by atoms with Crippen LogP contribution in [0.2, 0.25) is 0 Å². The number of aromatic nitrogens is 2. The third-order valence-electron chi connectivity index (χ3n) is 5.22. The van der Waals surface area contributed by atoms with Gasteiger partial charge in [-0.25, -0.2) is 0 Å². The average molecular weight is 447 g/mol. The van der Waals surface area contributed by atoms with E-state index in [4.69, 9.17) is 18.4 Å². The lowest BCUT2D eigenvalue weighted by Crippen LogP contribution is -2.32. The molecule has 0 saturated carbocycles. The van der Waals surface area contributed by atoms with Crippen molar-refractivity contribution in [2.45, 2.75) is 19.9 Å². The standard InChI is InChI=1S/C25H25N3O5/c1-17-6-8-18(9-7-17)25(29)28(16-20-5-4-14-32-20)13-12-23-26-24(27-33-23)19-10-11-21(30-2)22(15-19)31-3/h4-11,14-15H,12-13,16H2,1-3H3.